The molecule has 1 amide bonds. The van der Waals surface area contributed by atoms with Crippen LogP contribution in [0.25, 0.3) is 10.8 Å². The molecule has 0 heterocycles. The molecule has 1 N–H and O–H groups in total. The van der Waals surface area contributed by atoms with Crippen LogP contribution < -0.4 is 14.8 Å². The van der Waals surface area contributed by atoms with Crippen molar-refractivity contribution in [3.05, 3.63) is 102 Å². The van der Waals surface area contributed by atoms with Crippen molar-refractivity contribution in [3.63, 3.8) is 0 Å². The van der Waals surface area contributed by atoms with E-state index in [4.69, 9.17) is 14.2 Å². The summed E-state index contributed by atoms with van der Waals surface area (Å²) in [6, 6.07) is 25.9. The van der Waals surface area contributed by atoms with E-state index in [0.717, 1.165) is 34.9 Å². The number of amides is 1. The topological polar surface area (TPSA) is 73.9 Å². The molecule has 4 aromatic carbocycles. The minimum absolute atomic E-state index is 0.247. The first-order chi connectivity index (χ1) is 17.6. The number of carbonyl (C=O) groups is 2. The maximum absolute atomic E-state index is 12.9. The molecule has 36 heavy (non-hydrogen) atoms. The molecule has 184 valence electrons. The van der Waals surface area contributed by atoms with Gasteiger partial charge in [-0.3, -0.25) is 4.79 Å². The molecular weight excluding hydrogens is 454 g/mol. The molecule has 0 fully saturated rings. The van der Waals surface area contributed by atoms with Gasteiger partial charge in [-0.25, -0.2) is 4.79 Å². The second kappa shape index (κ2) is 11.9. The number of unbranched alkanes of at least 4 members (excludes halogenated alkanes) is 1. The second-order valence-corrected chi connectivity index (χ2v) is 8.35. The number of ether oxygens (including phenoxy) is 3. The molecule has 0 atom stereocenters. The molecule has 0 spiro atoms. The number of carbonyl (C=O) groups excluding carboxylic acids is 2. The van der Waals surface area contributed by atoms with Gasteiger partial charge in [-0.05, 0) is 71.8 Å². The van der Waals surface area contributed by atoms with Crippen LogP contribution in [0.4, 0.5) is 5.69 Å². The van der Waals surface area contributed by atoms with E-state index >= 15 is 0 Å². The van der Waals surface area contributed by atoms with E-state index < -0.39 is 0 Å². The molecule has 0 unspecified atom stereocenters. The Morgan fingerprint density at radius 2 is 1.58 bits per heavy atom. The molecule has 0 aromatic heterocycles. The van der Waals surface area contributed by atoms with Gasteiger partial charge in [-0.1, -0.05) is 43.7 Å². The molecule has 0 aliphatic heterocycles. The zero-order valence-corrected chi connectivity index (χ0v) is 20.5. The summed E-state index contributed by atoms with van der Waals surface area (Å²) >= 11 is 0. The summed E-state index contributed by atoms with van der Waals surface area (Å²) in [7, 11) is 1.59. The van der Waals surface area contributed by atoms with Gasteiger partial charge in [0.25, 0.3) is 5.91 Å². The zero-order chi connectivity index (χ0) is 25.3. The average molecular weight is 484 g/mol. The lowest BCUT2D eigenvalue weighted by Crippen LogP contribution is -2.13. The van der Waals surface area contributed by atoms with Crippen molar-refractivity contribution in [2.24, 2.45) is 0 Å². The van der Waals surface area contributed by atoms with Crippen LogP contribution in [0.5, 0.6) is 11.5 Å². The summed E-state index contributed by atoms with van der Waals surface area (Å²) < 4.78 is 16.7. The Balaban J connectivity index is 1.42. The maximum Gasteiger partial charge on any atom is 0.338 e. The smallest absolute Gasteiger partial charge is 0.338 e. The average Bonchev–Trinajstić information content (AvgIpc) is 2.92. The molecule has 0 aliphatic rings. The van der Waals surface area contributed by atoms with Gasteiger partial charge >= 0.3 is 5.97 Å². The molecule has 0 saturated carbocycles. The number of hydrogen-bond acceptors (Lipinski definition) is 5. The third kappa shape index (κ3) is 6.21. The Hall–Kier alpha value is -4.32. The SMILES string of the molecule is CCCCOC(=O)c1ccc(NC(=O)c2ccc(OC)c(COc3ccc4ccccc4c3)c2)cc1. The summed E-state index contributed by atoms with van der Waals surface area (Å²) in [6.45, 7) is 2.69. The summed E-state index contributed by atoms with van der Waals surface area (Å²) in [6.07, 6.45) is 1.79. The highest BCUT2D eigenvalue weighted by Crippen LogP contribution is 2.25. The van der Waals surface area contributed by atoms with E-state index in [9.17, 15) is 9.59 Å². The third-order valence-electron chi connectivity index (χ3n) is 5.77. The third-order valence-corrected chi connectivity index (χ3v) is 5.77. The predicted molar refractivity (Wildman–Crippen MR) is 141 cm³/mol. The van der Waals surface area contributed by atoms with Crippen LogP contribution in [0.2, 0.25) is 0 Å². The minimum Gasteiger partial charge on any atom is -0.496 e. The maximum atomic E-state index is 12.9. The van der Waals surface area contributed by atoms with Gasteiger partial charge < -0.3 is 19.5 Å². The standard InChI is InChI=1S/C30H29NO5/c1-3-4-17-35-30(33)22-9-13-26(14-10-22)31-29(32)24-12-16-28(34-2)25(18-24)20-36-27-15-11-21-7-5-6-8-23(21)19-27/h5-16,18-19H,3-4,17,20H2,1-2H3,(H,31,32). The summed E-state index contributed by atoms with van der Waals surface area (Å²) in [5, 5.41) is 5.10. The van der Waals surface area contributed by atoms with Crippen molar-refractivity contribution in [3.8, 4) is 11.5 Å². The van der Waals surface area contributed by atoms with Crippen molar-refractivity contribution >= 4 is 28.3 Å². The fourth-order valence-electron chi connectivity index (χ4n) is 3.74. The molecule has 4 rings (SSSR count). The van der Waals surface area contributed by atoms with Gasteiger partial charge in [0.1, 0.15) is 18.1 Å². The van der Waals surface area contributed by atoms with Crippen LogP contribution in [0.3, 0.4) is 0 Å². The number of nitrogens with one attached hydrogen (secondary N) is 1. The van der Waals surface area contributed by atoms with Crippen molar-refractivity contribution in [2.45, 2.75) is 26.4 Å². The Morgan fingerprint density at radius 1 is 0.833 bits per heavy atom. The molecule has 0 aliphatic carbocycles. The van der Waals surface area contributed by atoms with Gasteiger partial charge in [0.15, 0.2) is 0 Å². The van der Waals surface area contributed by atoms with Crippen molar-refractivity contribution < 1.29 is 23.8 Å². The summed E-state index contributed by atoms with van der Waals surface area (Å²) in [4.78, 5) is 25.0. The first-order valence-electron chi connectivity index (χ1n) is 11.9. The van der Waals surface area contributed by atoms with Gasteiger partial charge in [0.2, 0.25) is 0 Å². The molecule has 6 nitrogen and oxygen atoms in total. The number of esters is 1. The largest absolute Gasteiger partial charge is 0.496 e. The number of anilines is 1. The first-order valence-corrected chi connectivity index (χ1v) is 11.9. The van der Waals surface area contributed by atoms with E-state index in [-0.39, 0.29) is 18.5 Å². The first kappa shape index (κ1) is 24.8. The van der Waals surface area contributed by atoms with Crippen LogP contribution in [-0.4, -0.2) is 25.6 Å². The Kier molecular flexibility index (Phi) is 8.19. The number of rotatable bonds is 10. The highest BCUT2D eigenvalue weighted by atomic mass is 16.5. The quantitative estimate of drug-likeness (QED) is 0.202. The van der Waals surface area contributed by atoms with Crippen LogP contribution in [0.1, 0.15) is 46.0 Å². The van der Waals surface area contributed by atoms with E-state index in [1.807, 2.05) is 43.3 Å². The molecule has 0 saturated heterocycles. The Bertz CT molecular complexity index is 1350. The van der Waals surface area contributed by atoms with E-state index in [2.05, 4.69) is 11.4 Å². The van der Waals surface area contributed by atoms with E-state index in [0.29, 0.717) is 29.2 Å². The lowest BCUT2D eigenvalue weighted by Gasteiger charge is -2.13. The predicted octanol–water partition coefficient (Wildman–Crippen LogP) is 6.64. The molecule has 4 aromatic rings. The Morgan fingerprint density at radius 3 is 2.33 bits per heavy atom. The van der Waals surface area contributed by atoms with Crippen LogP contribution in [0.15, 0.2) is 84.9 Å². The lowest BCUT2D eigenvalue weighted by atomic mass is 10.1. The van der Waals surface area contributed by atoms with Crippen LogP contribution in [-0.2, 0) is 11.3 Å². The van der Waals surface area contributed by atoms with Crippen molar-refractivity contribution in [1.29, 1.82) is 0 Å². The second-order valence-electron chi connectivity index (χ2n) is 8.35. The summed E-state index contributed by atoms with van der Waals surface area (Å²) in [5.74, 6) is 0.729. The van der Waals surface area contributed by atoms with Gasteiger partial charge in [0, 0.05) is 16.8 Å². The van der Waals surface area contributed by atoms with Gasteiger partial charge in [-0.2, -0.15) is 0 Å². The summed E-state index contributed by atoms with van der Waals surface area (Å²) in [5.41, 5.74) is 2.25. The number of benzene rings is 4. The number of methoxy groups -OCH3 is 1. The number of hydrogen-bond donors (Lipinski definition) is 1. The molecule has 6 heteroatoms. The Labute approximate surface area is 210 Å². The highest BCUT2D eigenvalue weighted by molar-refractivity contribution is 6.04. The molecule has 0 bridgehead atoms. The van der Waals surface area contributed by atoms with E-state index in [1.165, 1.54) is 0 Å². The van der Waals surface area contributed by atoms with Crippen LogP contribution >= 0.6 is 0 Å². The molecule has 0 radical (unpaired) electrons. The van der Waals surface area contributed by atoms with Gasteiger partial charge in [0.05, 0.1) is 19.3 Å². The fourth-order valence-corrected chi connectivity index (χ4v) is 3.74. The normalized spacial score (nSPS) is 10.6. The van der Waals surface area contributed by atoms with Crippen molar-refractivity contribution in [2.75, 3.05) is 19.0 Å². The monoisotopic (exact) mass is 483 g/mol. The zero-order valence-electron chi connectivity index (χ0n) is 20.5. The molecular formula is C30H29NO5. The van der Waals surface area contributed by atoms with Crippen molar-refractivity contribution in [1.82, 2.24) is 0 Å². The van der Waals surface area contributed by atoms with Gasteiger partial charge in [-0.15, -0.1) is 0 Å². The fraction of sp³-hybridized carbons (Fsp3) is 0.200. The van der Waals surface area contributed by atoms with E-state index in [1.54, 1.807) is 49.6 Å². The minimum atomic E-state index is -0.368. The lowest BCUT2D eigenvalue weighted by molar-refractivity contribution is 0.0499. The van der Waals surface area contributed by atoms with Crippen LogP contribution in [0, 0.1) is 0 Å². The highest BCUT2D eigenvalue weighted by Gasteiger charge is 2.13. The number of fused-ring (bicyclic) bond motifs is 1.